The van der Waals surface area contributed by atoms with Crippen LogP contribution in [0.2, 0.25) is 0 Å². The van der Waals surface area contributed by atoms with Crippen LogP contribution in [0.3, 0.4) is 0 Å². The van der Waals surface area contributed by atoms with E-state index in [1.54, 1.807) is 12.1 Å². The molecule has 0 saturated heterocycles. The third-order valence-corrected chi connectivity index (χ3v) is 6.22. The maximum absolute atomic E-state index is 12.9. The second kappa shape index (κ2) is 11.7. The molecule has 0 heterocycles. The first kappa shape index (κ1) is 25.8. The second-order valence-electron chi connectivity index (χ2n) is 8.89. The predicted molar refractivity (Wildman–Crippen MR) is 153 cm³/mol. The minimum atomic E-state index is -4.76. The van der Waals surface area contributed by atoms with Crippen molar-refractivity contribution in [1.82, 2.24) is 0 Å². The van der Waals surface area contributed by atoms with Gasteiger partial charge in [-0.15, -0.1) is 13.2 Å². The van der Waals surface area contributed by atoms with Gasteiger partial charge in [-0.1, -0.05) is 133 Å². The van der Waals surface area contributed by atoms with E-state index in [0.717, 1.165) is 44.5 Å². The van der Waals surface area contributed by atoms with Crippen LogP contribution in [0.25, 0.3) is 22.8 Å². The van der Waals surface area contributed by atoms with Gasteiger partial charge in [-0.2, -0.15) is 0 Å². The number of hydrogen-bond acceptors (Lipinski definition) is 1. The number of halogens is 3. The molecule has 5 aromatic rings. The molecule has 0 atom stereocenters. The van der Waals surface area contributed by atoms with Gasteiger partial charge in [0.15, 0.2) is 0 Å². The van der Waals surface area contributed by atoms with Gasteiger partial charge in [0.2, 0.25) is 0 Å². The molecular weight excluding hydrogens is 493 g/mol. The molecule has 0 spiro atoms. The molecule has 0 aliphatic rings. The van der Waals surface area contributed by atoms with E-state index in [1.807, 2.05) is 84.9 Å². The number of allylic oxidation sites excluding steroid dienone is 2. The first-order chi connectivity index (χ1) is 19.0. The summed E-state index contributed by atoms with van der Waals surface area (Å²) in [7, 11) is 0. The van der Waals surface area contributed by atoms with Crippen LogP contribution in [-0.4, -0.2) is 6.36 Å². The number of hydrogen-bond donors (Lipinski definition) is 0. The Kier molecular flexibility index (Phi) is 7.74. The first-order valence-corrected chi connectivity index (χ1v) is 12.5. The van der Waals surface area contributed by atoms with E-state index in [-0.39, 0.29) is 5.75 Å². The van der Waals surface area contributed by atoms with Crippen LogP contribution in [0.5, 0.6) is 5.75 Å². The summed E-state index contributed by atoms with van der Waals surface area (Å²) in [5.41, 5.74) is 7.59. The molecule has 1 nitrogen and oxygen atoms in total. The Labute approximate surface area is 226 Å². The summed E-state index contributed by atoms with van der Waals surface area (Å²) in [6.07, 6.45) is -2.60. The number of alkyl halides is 3. The molecule has 0 N–H and O–H groups in total. The van der Waals surface area contributed by atoms with Crippen molar-refractivity contribution in [3.05, 3.63) is 173 Å². The zero-order chi connectivity index (χ0) is 27.1. The van der Waals surface area contributed by atoms with Gasteiger partial charge in [-0.3, -0.25) is 0 Å². The highest BCUT2D eigenvalue weighted by molar-refractivity contribution is 6.21. The molecule has 0 bridgehead atoms. The van der Waals surface area contributed by atoms with Crippen molar-refractivity contribution < 1.29 is 17.9 Å². The van der Waals surface area contributed by atoms with Gasteiger partial charge in [0.1, 0.15) is 5.75 Å². The normalized spacial score (nSPS) is 12.5. The summed E-state index contributed by atoms with van der Waals surface area (Å²) in [6, 6.07) is 46.2. The lowest BCUT2D eigenvalue weighted by atomic mass is 9.82. The van der Waals surface area contributed by atoms with Crippen LogP contribution in [0.1, 0.15) is 27.8 Å². The van der Waals surface area contributed by atoms with Crippen molar-refractivity contribution >= 4 is 22.8 Å². The lowest BCUT2D eigenvalue weighted by Crippen LogP contribution is -2.17. The van der Waals surface area contributed by atoms with Crippen molar-refractivity contribution in [2.24, 2.45) is 0 Å². The van der Waals surface area contributed by atoms with E-state index in [0.29, 0.717) is 0 Å². The van der Waals surface area contributed by atoms with Crippen molar-refractivity contribution in [1.29, 1.82) is 0 Å². The number of benzene rings is 5. The molecule has 4 heteroatoms. The highest BCUT2D eigenvalue weighted by atomic mass is 19.4. The number of ether oxygens (including phenoxy) is 1. The smallest absolute Gasteiger partial charge is 0.406 e. The van der Waals surface area contributed by atoms with Crippen LogP contribution in [-0.2, 0) is 0 Å². The van der Waals surface area contributed by atoms with Gasteiger partial charge in [-0.05, 0) is 62.7 Å². The fraction of sp³-hybridized carbons (Fsp3) is 0.0286. The molecule has 0 unspecified atom stereocenters. The van der Waals surface area contributed by atoms with E-state index in [1.165, 1.54) is 12.1 Å². The molecule has 5 rings (SSSR count). The SMILES string of the molecule is FC(F)(F)Oc1ccc(/C(=C(\C(=C/c2ccccc2)c2ccccc2)c2ccccc2)c2ccccc2)cc1. The molecule has 0 amide bonds. The molecule has 0 fully saturated rings. The van der Waals surface area contributed by atoms with Gasteiger partial charge < -0.3 is 4.74 Å². The fourth-order valence-corrected chi connectivity index (χ4v) is 4.56. The third-order valence-electron chi connectivity index (χ3n) is 6.22. The zero-order valence-corrected chi connectivity index (χ0v) is 21.0. The maximum atomic E-state index is 12.9. The Morgan fingerprint density at radius 3 is 1.44 bits per heavy atom. The highest BCUT2D eigenvalue weighted by Crippen LogP contribution is 2.42. The minimum Gasteiger partial charge on any atom is -0.406 e. The van der Waals surface area contributed by atoms with E-state index in [9.17, 15) is 13.2 Å². The van der Waals surface area contributed by atoms with Gasteiger partial charge >= 0.3 is 6.36 Å². The summed E-state index contributed by atoms with van der Waals surface area (Å²) in [5, 5.41) is 0. The molecule has 192 valence electrons. The molecule has 0 aliphatic heterocycles. The van der Waals surface area contributed by atoms with Gasteiger partial charge in [-0.25, -0.2) is 0 Å². The number of rotatable bonds is 7. The summed E-state index contributed by atoms with van der Waals surface area (Å²) in [4.78, 5) is 0. The van der Waals surface area contributed by atoms with Gasteiger partial charge in [0.05, 0.1) is 0 Å². The van der Waals surface area contributed by atoms with Gasteiger partial charge in [0.25, 0.3) is 0 Å². The Balaban J connectivity index is 1.84. The van der Waals surface area contributed by atoms with Crippen molar-refractivity contribution in [2.45, 2.75) is 6.36 Å². The quantitative estimate of drug-likeness (QED) is 0.154. The van der Waals surface area contributed by atoms with Crippen LogP contribution in [0, 0.1) is 0 Å². The molecule has 5 aromatic carbocycles. The molecular formula is C35H25F3O. The summed E-state index contributed by atoms with van der Waals surface area (Å²) < 4.78 is 42.8. The fourth-order valence-electron chi connectivity index (χ4n) is 4.56. The lowest BCUT2D eigenvalue weighted by Gasteiger charge is -2.21. The highest BCUT2D eigenvalue weighted by Gasteiger charge is 2.31. The minimum absolute atomic E-state index is 0.261. The monoisotopic (exact) mass is 518 g/mol. The van der Waals surface area contributed by atoms with E-state index in [4.69, 9.17) is 0 Å². The van der Waals surface area contributed by atoms with Crippen molar-refractivity contribution in [2.75, 3.05) is 0 Å². The van der Waals surface area contributed by atoms with Gasteiger partial charge in [0, 0.05) is 0 Å². The van der Waals surface area contributed by atoms with Crippen LogP contribution < -0.4 is 4.74 Å². The molecule has 0 saturated carbocycles. The molecule has 0 aromatic heterocycles. The maximum Gasteiger partial charge on any atom is 0.573 e. The summed E-state index contributed by atoms with van der Waals surface area (Å²) in [6.45, 7) is 0. The van der Waals surface area contributed by atoms with Crippen molar-refractivity contribution in [3.63, 3.8) is 0 Å². The topological polar surface area (TPSA) is 9.23 Å². The average Bonchev–Trinajstić information content (AvgIpc) is 2.97. The summed E-state index contributed by atoms with van der Waals surface area (Å²) in [5.74, 6) is -0.261. The van der Waals surface area contributed by atoms with E-state index in [2.05, 4.69) is 47.2 Å². The second-order valence-corrected chi connectivity index (χ2v) is 8.89. The predicted octanol–water partition coefficient (Wildman–Crippen LogP) is 9.79. The Morgan fingerprint density at radius 2 is 0.923 bits per heavy atom. The zero-order valence-electron chi connectivity index (χ0n) is 21.0. The van der Waals surface area contributed by atoms with E-state index >= 15 is 0 Å². The standard InChI is InChI=1S/C35H25F3O/c36-35(37,38)39-31-23-21-30(22-24-31)33(28-17-9-3-10-18-28)34(29-19-11-4-12-20-29)32(27-15-7-2-8-16-27)25-26-13-5-1-6-14-26/h1-25H/b32-25-,34-33-. The largest absolute Gasteiger partial charge is 0.573 e. The third kappa shape index (κ3) is 6.55. The Hall–Kier alpha value is -4.83. The molecule has 0 radical (unpaired) electrons. The van der Waals surface area contributed by atoms with Crippen LogP contribution >= 0.6 is 0 Å². The lowest BCUT2D eigenvalue weighted by molar-refractivity contribution is -0.274. The average molecular weight is 519 g/mol. The van der Waals surface area contributed by atoms with Crippen LogP contribution in [0.15, 0.2) is 146 Å². The van der Waals surface area contributed by atoms with Crippen molar-refractivity contribution in [3.8, 4) is 5.75 Å². The Morgan fingerprint density at radius 1 is 0.487 bits per heavy atom. The molecule has 39 heavy (non-hydrogen) atoms. The Bertz CT molecular complexity index is 1550. The first-order valence-electron chi connectivity index (χ1n) is 12.5. The van der Waals surface area contributed by atoms with Crippen LogP contribution in [0.4, 0.5) is 13.2 Å². The molecule has 0 aliphatic carbocycles. The van der Waals surface area contributed by atoms with E-state index < -0.39 is 6.36 Å². The summed E-state index contributed by atoms with van der Waals surface area (Å²) >= 11 is 0.